The van der Waals surface area contributed by atoms with Gasteiger partial charge in [0.25, 0.3) is 0 Å². The number of carbonyl (C=O) groups excluding carboxylic acids is 2. The molecule has 2 saturated heterocycles. The Bertz CT molecular complexity index is 576. The lowest BCUT2D eigenvalue weighted by atomic mass is 10.2. The number of hydrogen-bond acceptors (Lipinski definition) is 4. The number of hydrogen-bond donors (Lipinski definition) is 2. The molecule has 2 fully saturated rings. The number of rotatable bonds is 6. The van der Waals surface area contributed by atoms with Crippen LogP contribution in [0.4, 0.5) is 11.4 Å². The zero-order valence-electron chi connectivity index (χ0n) is 13.6. The SMILES string of the molecule is Cl.O=C(CNCC1CCCO1)Nc1cccc(N2CCCC2=O)c1. The first-order valence-corrected chi connectivity index (χ1v) is 8.25. The molecule has 0 saturated carbocycles. The fourth-order valence-corrected chi connectivity index (χ4v) is 3.03. The van der Waals surface area contributed by atoms with Crippen molar-refractivity contribution in [1.82, 2.24) is 5.32 Å². The second-order valence-electron chi connectivity index (χ2n) is 6.01. The van der Waals surface area contributed by atoms with Crippen molar-refractivity contribution in [3.05, 3.63) is 24.3 Å². The second kappa shape index (κ2) is 9.01. The highest BCUT2D eigenvalue weighted by Gasteiger charge is 2.21. The molecule has 2 aliphatic heterocycles. The van der Waals surface area contributed by atoms with Crippen LogP contribution in [0, 0.1) is 0 Å². The number of nitrogens with zero attached hydrogens (tertiary/aromatic N) is 1. The minimum atomic E-state index is -0.0899. The van der Waals surface area contributed by atoms with E-state index in [1.165, 1.54) is 0 Å². The van der Waals surface area contributed by atoms with Crippen molar-refractivity contribution < 1.29 is 14.3 Å². The molecule has 2 aliphatic rings. The van der Waals surface area contributed by atoms with Crippen LogP contribution in [-0.4, -0.2) is 44.2 Å². The van der Waals surface area contributed by atoms with Crippen LogP contribution in [0.25, 0.3) is 0 Å². The van der Waals surface area contributed by atoms with Gasteiger partial charge in [-0.3, -0.25) is 9.59 Å². The topological polar surface area (TPSA) is 70.7 Å². The van der Waals surface area contributed by atoms with E-state index in [2.05, 4.69) is 10.6 Å². The molecule has 1 atom stereocenters. The molecule has 1 unspecified atom stereocenters. The third-order valence-corrected chi connectivity index (χ3v) is 4.20. The third kappa shape index (κ3) is 4.93. The molecule has 132 valence electrons. The summed E-state index contributed by atoms with van der Waals surface area (Å²) < 4.78 is 5.50. The minimum Gasteiger partial charge on any atom is -0.377 e. The van der Waals surface area contributed by atoms with Crippen LogP contribution in [0.5, 0.6) is 0 Å². The second-order valence-corrected chi connectivity index (χ2v) is 6.01. The molecular weight excluding hydrogens is 330 g/mol. The van der Waals surface area contributed by atoms with Gasteiger partial charge in [0.15, 0.2) is 0 Å². The minimum absolute atomic E-state index is 0. The fraction of sp³-hybridized carbons (Fsp3) is 0.529. The standard InChI is InChI=1S/C17H23N3O3.ClH/c21-16(12-18-11-15-6-3-9-23-15)19-13-4-1-5-14(10-13)20-8-2-7-17(20)22;/h1,4-5,10,15,18H,2-3,6-9,11-12H2,(H,19,21);1H. The molecule has 2 amide bonds. The highest BCUT2D eigenvalue weighted by molar-refractivity contribution is 5.97. The summed E-state index contributed by atoms with van der Waals surface area (Å²) in [6, 6.07) is 7.44. The van der Waals surface area contributed by atoms with Gasteiger partial charge in [0.2, 0.25) is 11.8 Å². The van der Waals surface area contributed by atoms with Crippen LogP contribution in [-0.2, 0) is 14.3 Å². The Morgan fingerprint density at radius 1 is 1.33 bits per heavy atom. The molecule has 0 aliphatic carbocycles. The van der Waals surface area contributed by atoms with Crippen molar-refractivity contribution in [2.45, 2.75) is 31.8 Å². The smallest absolute Gasteiger partial charge is 0.238 e. The summed E-state index contributed by atoms with van der Waals surface area (Å²) >= 11 is 0. The predicted octanol–water partition coefficient (Wildman–Crippen LogP) is 1.94. The Balaban J connectivity index is 0.00000208. The third-order valence-electron chi connectivity index (χ3n) is 4.20. The molecule has 24 heavy (non-hydrogen) atoms. The van der Waals surface area contributed by atoms with Gasteiger partial charge in [0.05, 0.1) is 12.6 Å². The van der Waals surface area contributed by atoms with Crippen LogP contribution in [0.1, 0.15) is 25.7 Å². The molecule has 2 N–H and O–H groups in total. The van der Waals surface area contributed by atoms with Gasteiger partial charge >= 0.3 is 0 Å². The molecule has 0 aromatic heterocycles. The molecule has 7 heteroatoms. The van der Waals surface area contributed by atoms with Gasteiger partial charge in [-0.1, -0.05) is 6.07 Å². The van der Waals surface area contributed by atoms with E-state index in [0.717, 1.165) is 38.1 Å². The van der Waals surface area contributed by atoms with Crippen molar-refractivity contribution in [2.75, 3.05) is 36.5 Å². The average molecular weight is 354 g/mol. The first-order chi connectivity index (χ1) is 11.2. The molecule has 0 bridgehead atoms. The van der Waals surface area contributed by atoms with Crippen LogP contribution in [0.15, 0.2) is 24.3 Å². The van der Waals surface area contributed by atoms with Crippen molar-refractivity contribution in [2.24, 2.45) is 0 Å². The molecule has 1 aromatic rings. The Kier molecular flexibility index (Phi) is 7.02. The van der Waals surface area contributed by atoms with Crippen LogP contribution in [0.3, 0.4) is 0 Å². The van der Waals surface area contributed by atoms with E-state index < -0.39 is 0 Å². The quantitative estimate of drug-likeness (QED) is 0.820. The van der Waals surface area contributed by atoms with E-state index in [-0.39, 0.29) is 36.9 Å². The summed E-state index contributed by atoms with van der Waals surface area (Å²) in [5, 5.41) is 5.99. The van der Waals surface area contributed by atoms with E-state index in [1.54, 1.807) is 4.90 Å². The lowest BCUT2D eigenvalue weighted by Gasteiger charge is -2.17. The van der Waals surface area contributed by atoms with Gasteiger partial charge in [-0.2, -0.15) is 0 Å². The number of amides is 2. The van der Waals surface area contributed by atoms with E-state index in [4.69, 9.17) is 4.74 Å². The van der Waals surface area contributed by atoms with E-state index in [1.807, 2.05) is 24.3 Å². The highest BCUT2D eigenvalue weighted by atomic mass is 35.5. The molecule has 3 rings (SSSR count). The fourth-order valence-electron chi connectivity index (χ4n) is 3.03. The summed E-state index contributed by atoms with van der Waals surface area (Å²) in [5.41, 5.74) is 1.56. The monoisotopic (exact) mass is 353 g/mol. The zero-order chi connectivity index (χ0) is 16.1. The maximum absolute atomic E-state index is 12.0. The summed E-state index contributed by atoms with van der Waals surface area (Å²) in [6.45, 7) is 2.53. The number of ether oxygens (including phenoxy) is 1. The predicted molar refractivity (Wildman–Crippen MR) is 95.8 cm³/mol. The Labute approximate surface area is 148 Å². The molecule has 0 spiro atoms. The average Bonchev–Trinajstić information content (AvgIpc) is 3.19. The van der Waals surface area contributed by atoms with Gasteiger partial charge in [0, 0.05) is 37.5 Å². The lowest BCUT2D eigenvalue weighted by molar-refractivity contribution is -0.117. The maximum Gasteiger partial charge on any atom is 0.238 e. The van der Waals surface area contributed by atoms with Crippen LogP contribution < -0.4 is 15.5 Å². The molecule has 2 heterocycles. The number of halogens is 1. The normalized spacial score (nSPS) is 20.1. The van der Waals surface area contributed by atoms with E-state index >= 15 is 0 Å². The zero-order valence-corrected chi connectivity index (χ0v) is 14.4. The van der Waals surface area contributed by atoms with Gasteiger partial charge in [-0.15, -0.1) is 12.4 Å². The van der Waals surface area contributed by atoms with E-state index in [0.29, 0.717) is 18.7 Å². The van der Waals surface area contributed by atoms with Crippen molar-refractivity contribution in [3.8, 4) is 0 Å². The maximum atomic E-state index is 12.0. The van der Waals surface area contributed by atoms with Crippen LogP contribution >= 0.6 is 12.4 Å². The first-order valence-electron chi connectivity index (χ1n) is 8.25. The van der Waals surface area contributed by atoms with Gasteiger partial charge < -0.3 is 20.3 Å². The van der Waals surface area contributed by atoms with Gasteiger partial charge in [-0.05, 0) is 37.5 Å². The van der Waals surface area contributed by atoms with Gasteiger partial charge in [-0.25, -0.2) is 0 Å². The summed E-state index contributed by atoms with van der Waals surface area (Å²) in [6.07, 6.45) is 3.88. The molecule has 6 nitrogen and oxygen atoms in total. The van der Waals surface area contributed by atoms with Gasteiger partial charge in [0.1, 0.15) is 0 Å². The molecule has 0 radical (unpaired) electrons. The molecule has 1 aromatic carbocycles. The van der Waals surface area contributed by atoms with Crippen molar-refractivity contribution in [1.29, 1.82) is 0 Å². The summed E-state index contributed by atoms with van der Waals surface area (Å²) in [5.74, 6) is 0.0552. The van der Waals surface area contributed by atoms with E-state index in [9.17, 15) is 9.59 Å². The number of nitrogens with one attached hydrogen (secondary N) is 2. The summed E-state index contributed by atoms with van der Waals surface area (Å²) in [4.78, 5) is 25.5. The van der Waals surface area contributed by atoms with Crippen LogP contribution in [0.2, 0.25) is 0 Å². The first kappa shape index (κ1) is 18.7. The highest BCUT2D eigenvalue weighted by Crippen LogP contribution is 2.24. The number of carbonyl (C=O) groups is 2. The number of benzene rings is 1. The van der Waals surface area contributed by atoms with Crippen molar-refractivity contribution >= 4 is 35.6 Å². The Morgan fingerprint density at radius 3 is 2.92 bits per heavy atom. The Morgan fingerprint density at radius 2 is 2.21 bits per heavy atom. The number of anilines is 2. The Hall–Kier alpha value is -1.63. The summed E-state index contributed by atoms with van der Waals surface area (Å²) in [7, 11) is 0. The lowest BCUT2D eigenvalue weighted by Crippen LogP contribution is -2.33. The molecular formula is C17H24ClN3O3. The largest absolute Gasteiger partial charge is 0.377 e. The van der Waals surface area contributed by atoms with Crippen molar-refractivity contribution in [3.63, 3.8) is 0 Å².